The fraction of sp³-hybridized carbons (Fsp3) is 0.400. The van der Waals surface area contributed by atoms with E-state index in [1.54, 1.807) is 0 Å². The van der Waals surface area contributed by atoms with Crippen molar-refractivity contribution in [3.8, 4) is 0 Å². The highest BCUT2D eigenvalue weighted by Crippen LogP contribution is 2.25. The van der Waals surface area contributed by atoms with Gasteiger partial charge in [0.2, 0.25) is 15.2 Å². The van der Waals surface area contributed by atoms with Gasteiger partial charge in [-0.1, -0.05) is 23.1 Å². The summed E-state index contributed by atoms with van der Waals surface area (Å²) in [6.07, 6.45) is 0.998. The number of thioether (sulfide) groups is 1. The number of nitrogens with one attached hydrogen (secondary N) is 1. The molecule has 84 valence electrons. The van der Waals surface area contributed by atoms with Crippen LogP contribution in [0.15, 0.2) is 4.34 Å². The third kappa shape index (κ3) is 4.95. The van der Waals surface area contributed by atoms with E-state index in [4.69, 9.17) is 5.11 Å². The molecule has 0 aromatic carbocycles. The molecule has 0 spiro atoms. The summed E-state index contributed by atoms with van der Waals surface area (Å²) in [6, 6.07) is 0. The van der Waals surface area contributed by atoms with Crippen LogP contribution in [0.4, 0.5) is 5.13 Å². The van der Waals surface area contributed by atoms with E-state index < -0.39 is 16.0 Å². The van der Waals surface area contributed by atoms with Crippen LogP contribution in [-0.4, -0.2) is 41.7 Å². The third-order valence-corrected chi connectivity index (χ3v) is 3.65. The Hall–Kier alpha value is -0.870. The predicted octanol–water partition coefficient (Wildman–Crippen LogP) is 0.0863. The van der Waals surface area contributed by atoms with Gasteiger partial charge in [-0.15, -0.1) is 10.2 Å². The summed E-state index contributed by atoms with van der Waals surface area (Å²) in [5.41, 5.74) is 0. The summed E-state index contributed by atoms with van der Waals surface area (Å²) in [5, 5.41) is 15.7. The molecule has 0 fully saturated rings. The van der Waals surface area contributed by atoms with Crippen LogP contribution >= 0.6 is 23.1 Å². The second-order valence-electron chi connectivity index (χ2n) is 2.43. The van der Waals surface area contributed by atoms with Gasteiger partial charge in [0.25, 0.3) is 0 Å². The highest BCUT2D eigenvalue weighted by atomic mass is 32.2. The van der Waals surface area contributed by atoms with Crippen molar-refractivity contribution >= 4 is 44.2 Å². The SMILES string of the molecule is CS(=O)(=O)Nc1nnc(SCC(=O)O)s1. The van der Waals surface area contributed by atoms with E-state index in [-0.39, 0.29) is 10.9 Å². The number of rotatable bonds is 5. The summed E-state index contributed by atoms with van der Waals surface area (Å²) in [5.74, 6) is -1.10. The highest BCUT2D eigenvalue weighted by Gasteiger charge is 2.09. The molecule has 1 aromatic heterocycles. The topological polar surface area (TPSA) is 109 Å². The van der Waals surface area contributed by atoms with E-state index >= 15 is 0 Å². The van der Waals surface area contributed by atoms with Gasteiger partial charge < -0.3 is 5.11 Å². The maximum atomic E-state index is 10.8. The molecule has 0 saturated carbocycles. The summed E-state index contributed by atoms with van der Waals surface area (Å²) in [6.45, 7) is 0. The maximum Gasteiger partial charge on any atom is 0.313 e. The number of hydrogen-bond acceptors (Lipinski definition) is 7. The van der Waals surface area contributed by atoms with Crippen LogP contribution < -0.4 is 4.72 Å². The number of carbonyl (C=O) groups is 1. The van der Waals surface area contributed by atoms with Crippen molar-refractivity contribution in [1.29, 1.82) is 0 Å². The van der Waals surface area contributed by atoms with E-state index in [1.165, 1.54) is 0 Å². The van der Waals surface area contributed by atoms with E-state index in [9.17, 15) is 13.2 Å². The van der Waals surface area contributed by atoms with E-state index in [0.717, 1.165) is 29.4 Å². The monoisotopic (exact) mass is 269 g/mol. The number of carboxylic acids is 1. The fourth-order valence-corrected chi connectivity index (χ4v) is 2.89. The fourth-order valence-electron chi connectivity index (χ4n) is 0.591. The predicted molar refractivity (Wildman–Crippen MR) is 56.7 cm³/mol. The van der Waals surface area contributed by atoms with Crippen LogP contribution in [0.5, 0.6) is 0 Å². The smallest absolute Gasteiger partial charge is 0.313 e. The molecular formula is C5H7N3O4S3. The Morgan fingerprint density at radius 1 is 1.60 bits per heavy atom. The molecule has 0 radical (unpaired) electrons. The Kier molecular flexibility index (Phi) is 3.88. The van der Waals surface area contributed by atoms with Crippen LogP contribution in [0.25, 0.3) is 0 Å². The van der Waals surface area contributed by atoms with Crippen molar-refractivity contribution in [3.05, 3.63) is 0 Å². The van der Waals surface area contributed by atoms with Crippen molar-refractivity contribution in [2.24, 2.45) is 0 Å². The number of sulfonamides is 1. The largest absolute Gasteiger partial charge is 0.481 e. The second kappa shape index (κ2) is 4.77. The first-order valence-corrected chi connectivity index (χ1v) is 7.22. The summed E-state index contributed by atoms with van der Waals surface area (Å²) in [4.78, 5) is 10.2. The van der Waals surface area contributed by atoms with Crippen LogP contribution in [0, 0.1) is 0 Å². The molecule has 0 bridgehead atoms. The highest BCUT2D eigenvalue weighted by molar-refractivity contribution is 8.01. The zero-order valence-electron chi connectivity index (χ0n) is 7.50. The Labute approximate surface area is 94.0 Å². The molecule has 1 rings (SSSR count). The lowest BCUT2D eigenvalue weighted by molar-refractivity contribution is -0.133. The average molecular weight is 269 g/mol. The van der Waals surface area contributed by atoms with Crippen LogP contribution in [0.2, 0.25) is 0 Å². The number of aliphatic carboxylic acids is 1. The van der Waals surface area contributed by atoms with Crippen molar-refractivity contribution in [2.75, 3.05) is 16.7 Å². The van der Waals surface area contributed by atoms with Gasteiger partial charge >= 0.3 is 5.97 Å². The van der Waals surface area contributed by atoms with Crippen molar-refractivity contribution in [1.82, 2.24) is 10.2 Å². The molecule has 2 N–H and O–H groups in total. The Balaban J connectivity index is 2.60. The molecule has 0 aliphatic heterocycles. The number of carboxylic acid groups (broad SMARTS) is 1. The Morgan fingerprint density at radius 2 is 2.27 bits per heavy atom. The molecule has 7 nitrogen and oxygen atoms in total. The maximum absolute atomic E-state index is 10.8. The summed E-state index contributed by atoms with van der Waals surface area (Å²) in [7, 11) is -3.36. The quantitative estimate of drug-likeness (QED) is 0.729. The molecule has 0 aliphatic carbocycles. The third-order valence-electron chi connectivity index (χ3n) is 0.998. The first-order chi connectivity index (χ1) is 6.87. The molecule has 1 heterocycles. The minimum Gasteiger partial charge on any atom is -0.481 e. The molecule has 0 saturated heterocycles. The van der Waals surface area contributed by atoms with Gasteiger partial charge in [-0.05, 0) is 0 Å². The van der Waals surface area contributed by atoms with Gasteiger partial charge in [0.15, 0.2) is 4.34 Å². The molecule has 10 heteroatoms. The normalized spacial score (nSPS) is 11.3. The van der Waals surface area contributed by atoms with E-state index in [2.05, 4.69) is 14.9 Å². The average Bonchev–Trinajstić information content (AvgIpc) is 2.45. The van der Waals surface area contributed by atoms with Gasteiger partial charge in [0.1, 0.15) is 0 Å². The lowest BCUT2D eigenvalue weighted by Crippen LogP contribution is -2.08. The van der Waals surface area contributed by atoms with Crippen molar-refractivity contribution in [2.45, 2.75) is 4.34 Å². The van der Waals surface area contributed by atoms with Gasteiger partial charge in [-0.2, -0.15) is 0 Å². The van der Waals surface area contributed by atoms with Gasteiger partial charge in [0, 0.05) is 0 Å². The summed E-state index contributed by atoms with van der Waals surface area (Å²) >= 11 is 1.97. The second-order valence-corrected chi connectivity index (χ2v) is 6.38. The minimum atomic E-state index is -3.36. The van der Waals surface area contributed by atoms with Gasteiger partial charge in [-0.3, -0.25) is 9.52 Å². The Bertz CT molecular complexity index is 454. The van der Waals surface area contributed by atoms with Gasteiger partial charge in [-0.25, -0.2) is 8.42 Å². The van der Waals surface area contributed by atoms with Crippen LogP contribution in [0.3, 0.4) is 0 Å². The number of anilines is 1. The standard InChI is InChI=1S/C5H7N3O4S3/c1-15(11,12)8-4-6-7-5(14-4)13-2-3(9)10/h2H2,1H3,(H,6,8)(H,9,10). The molecule has 0 atom stereocenters. The minimum absolute atomic E-state index is 0.130. The molecular weight excluding hydrogens is 262 g/mol. The van der Waals surface area contributed by atoms with E-state index in [0.29, 0.717) is 4.34 Å². The lowest BCUT2D eigenvalue weighted by Gasteiger charge is -1.94. The Morgan fingerprint density at radius 3 is 2.80 bits per heavy atom. The number of aromatic nitrogens is 2. The first-order valence-electron chi connectivity index (χ1n) is 3.53. The molecule has 0 unspecified atom stereocenters. The zero-order chi connectivity index (χ0) is 11.5. The van der Waals surface area contributed by atoms with Crippen molar-refractivity contribution in [3.63, 3.8) is 0 Å². The van der Waals surface area contributed by atoms with Crippen molar-refractivity contribution < 1.29 is 18.3 Å². The van der Waals surface area contributed by atoms with Crippen LogP contribution in [0.1, 0.15) is 0 Å². The number of hydrogen-bond donors (Lipinski definition) is 2. The molecule has 1 aromatic rings. The summed E-state index contributed by atoms with van der Waals surface area (Å²) < 4.78 is 24.2. The molecule has 0 amide bonds. The molecule has 15 heavy (non-hydrogen) atoms. The number of nitrogens with zero attached hydrogens (tertiary/aromatic N) is 2. The first kappa shape index (κ1) is 12.2. The van der Waals surface area contributed by atoms with Crippen LogP contribution in [-0.2, 0) is 14.8 Å². The van der Waals surface area contributed by atoms with E-state index in [1.807, 2.05) is 0 Å². The lowest BCUT2D eigenvalue weighted by atomic mass is 10.8. The zero-order valence-corrected chi connectivity index (χ0v) is 9.95. The van der Waals surface area contributed by atoms with Gasteiger partial charge in [0.05, 0.1) is 12.0 Å². The molecule has 0 aliphatic rings.